The number of hydrogen-bond donors (Lipinski definition) is 0. The highest BCUT2D eigenvalue weighted by Crippen LogP contribution is 2.16. The fourth-order valence-electron chi connectivity index (χ4n) is 1.07. The van der Waals surface area contributed by atoms with E-state index in [-0.39, 0.29) is 12.2 Å². The second-order valence-electron chi connectivity index (χ2n) is 2.64. The molecule has 0 aliphatic rings. The Morgan fingerprint density at radius 2 is 2.20 bits per heavy atom. The van der Waals surface area contributed by atoms with Gasteiger partial charge < -0.3 is 4.74 Å². The molecule has 78 valence electrons. The third-order valence-corrected chi connectivity index (χ3v) is 1.66. The standard InChI is InChI=1S/C10H7F2NO2/c1-2-15-10(14)9-6(5-13)3-7(11)4-8(9)12/h3-4H,2H2,1H3. The summed E-state index contributed by atoms with van der Waals surface area (Å²) < 4.78 is 30.4. The lowest BCUT2D eigenvalue weighted by atomic mass is 10.1. The number of carbonyl (C=O) groups excluding carboxylic acids is 1. The van der Waals surface area contributed by atoms with Crippen molar-refractivity contribution in [3.8, 4) is 6.07 Å². The van der Waals surface area contributed by atoms with Crippen LogP contribution in [0.3, 0.4) is 0 Å². The average molecular weight is 211 g/mol. The number of ether oxygens (including phenoxy) is 1. The number of nitriles is 1. The largest absolute Gasteiger partial charge is 0.462 e. The van der Waals surface area contributed by atoms with Crippen molar-refractivity contribution in [3.63, 3.8) is 0 Å². The molecule has 5 heteroatoms. The number of nitrogens with zero attached hydrogens (tertiary/aromatic N) is 1. The monoisotopic (exact) mass is 211 g/mol. The SMILES string of the molecule is CCOC(=O)c1c(F)cc(F)cc1C#N. The van der Waals surface area contributed by atoms with Gasteiger partial charge in [0, 0.05) is 6.07 Å². The lowest BCUT2D eigenvalue weighted by molar-refractivity contribution is 0.0520. The fraction of sp³-hybridized carbons (Fsp3) is 0.200. The summed E-state index contributed by atoms with van der Waals surface area (Å²) in [5, 5.41) is 8.59. The molecule has 0 fully saturated rings. The predicted molar refractivity (Wildman–Crippen MR) is 47.0 cm³/mol. The number of esters is 1. The van der Waals surface area contributed by atoms with E-state index < -0.39 is 23.2 Å². The van der Waals surface area contributed by atoms with E-state index in [0.717, 1.165) is 6.07 Å². The van der Waals surface area contributed by atoms with Gasteiger partial charge in [0.05, 0.1) is 12.2 Å². The molecule has 0 N–H and O–H groups in total. The van der Waals surface area contributed by atoms with Crippen LogP contribution >= 0.6 is 0 Å². The summed E-state index contributed by atoms with van der Waals surface area (Å²) in [6.07, 6.45) is 0. The van der Waals surface area contributed by atoms with Crippen LogP contribution in [0.1, 0.15) is 22.8 Å². The van der Waals surface area contributed by atoms with Crippen LogP contribution in [0.5, 0.6) is 0 Å². The summed E-state index contributed by atoms with van der Waals surface area (Å²) in [5.41, 5.74) is -0.897. The van der Waals surface area contributed by atoms with Gasteiger partial charge in [-0.3, -0.25) is 0 Å². The van der Waals surface area contributed by atoms with Crippen LogP contribution in [-0.2, 0) is 4.74 Å². The van der Waals surface area contributed by atoms with Crippen molar-refractivity contribution < 1.29 is 18.3 Å². The van der Waals surface area contributed by atoms with E-state index in [1.165, 1.54) is 6.07 Å². The number of hydrogen-bond acceptors (Lipinski definition) is 3. The zero-order valence-corrected chi connectivity index (χ0v) is 7.88. The summed E-state index contributed by atoms with van der Waals surface area (Å²) in [6, 6.07) is 2.86. The molecule has 0 unspecified atom stereocenters. The molecule has 0 aliphatic carbocycles. The number of halogens is 2. The smallest absolute Gasteiger partial charge is 0.342 e. The Bertz CT molecular complexity index is 438. The second kappa shape index (κ2) is 4.51. The van der Waals surface area contributed by atoms with Gasteiger partial charge in [0.15, 0.2) is 0 Å². The molecule has 1 aromatic rings. The molecule has 0 bridgehead atoms. The first-order chi connectivity index (χ1) is 7.10. The highest BCUT2D eigenvalue weighted by atomic mass is 19.1. The summed E-state index contributed by atoms with van der Waals surface area (Å²) in [7, 11) is 0. The molecule has 0 saturated heterocycles. The Kier molecular flexibility index (Phi) is 3.34. The first-order valence-electron chi connectivity index (χ1n) is 4.16. The van der Waals surface area contributed by atoms with Gasteiger partial charge in [0.1, 0.15) is 23.3 Å². The molecule has 0 heterocycles. The van der Waals surface area contributed by atoms with Crippen molar-refractivity contribution in [2.45, 2.75) is 6.92 Å². The Morgan fingerprint density at radius 3 is 2.73 bits per heavy atom. The minimum Gasteiger partial charge on any atom is -0.462 e. The highest BCUT2D eigenvalue weighted by molar-refractivity contribution is 5.92. The van der Waals surface area contributed by atoms with Crippen molar-refractivity contribution in [1.82, 2.24) is 0 Å². The Morgan fingerprint density at radius 1 is 1.53 bits per heavy atom. The van der Waals surface area contributed by atoms with Crippen LogP contribution in [0, 0.1) is 23.0 Å². The molecular weight excluding hydrogens is 204 g/mol. The molecule has 3 nitrogen and oxygen atoms in total. The number of carbonyl (C=O) groups is 1. The number of benzene rings is 1. The normalized spacial score (nSPS) is 9.47. The van der Waals surface area contributed by atoms with Gasteiger partial charge in [-0.1, -0.05) is 0 Å². The third-order valence-electron chi connectivity index (χ3n) is 1.66. The Balaban J connectivity index is 3.28. The minimum absolute atomic E-state index is 0.0561. The first-order valence-corrected chi connectivity index (χ1v) is 4.16. The van der Waals surface area contributed by atoms with Gasteiger partial charge in [-0.2, -0.15) is 5.26 Å². The fourth-order valence-corrected chi connectivity index (χ4v) is 1.07. The Hall–Kier alpha value is -1.96. The second-order valence-corrected chi connectivity index (χ2v) is 2.64. The highest BCUT2D eigenvalue weighted by Gasteiger charge is 2.19. The molecule has 0 radical (unpaired) electrons. The molecule has 0 spiro atoms. The maximum absolute atomic E-state index is 13.2. The van der Waals surface area contributed by atoms with Crippen molar-refractivity contribution in [1.29, 1.82) is 5.26 Å². The summed E-state index contributed by atoms with van der Waals surface area (Å²) >= 11 is 0. The van der Waals surface area contributed by atoms with Gasteiger partial charge in [-0.25, -0.2) is 13.6 Å². The van der Waals surface area contributed by atoms with Crippen LogP contribution in [0.4, 0.5) is 8.78 Å². The minimum atomic E-state index is -1.09. The quantitative estimate of drug-likeness (QED) is 0.703. The summed E-state index contributed by atoms with van der Waals surface area (Å²) in [6.45, 7) is 1.60. The van der Waals surface area contributed by atoms with Crippen molar-refractivity contribution >= 4 is 5.97 Å². The van der Waals surface area contributed by atoms with Gasteiger partial charge in [0.2, 0.25) is 0 Å². The topological polar surface area (TPSA) is 50.1 Å². The lowest BCUT2D eigenvalue weighted by Gasteiger charge is -2.04. The van der Waals surface area contributed by atoms with Crippen molar-refractivity contribution in [2.75, 3.05) is 6.61 Å². The first kappa shape index (κ1) is 11.1. The molecule has 0 aliphatic heterocycles. The van der Waals surface area contributed by atoms with E-state index in [1.54, 1.807) is 6.92 Å². The zero-order chi connectivity index (χ0) is 11.4. The van der Waals surface area contributed by atoms with E-state index >= 15 is 0 Å². The van der Waals surface area contributed by atoms with E-state index in [4.69, 9.17) is 5.26 Å². The van der Waals surface area contributed by atoms with E-state index in [9.17, 15) is 13.6 Å². The maximum Gasteiger partial charge on any atom is 0.342 e. The molecule has 0 atom stereocenters. The van der Waals surface area contributed by atoms with Crippen molar-refractivity contribution in [3.05, 3.63) is 34.9 Å². The molecule has 0 aromatic heterocycles. The Labute approximate surface area is 84.9 Å². The summed E-state index contributed by atoms with van der Waals surface area (Å²) in [5.74, 6) is -2.96. The van der Waals surface area contributed by atoms with Gasteiger partial charge in [-0.15, -0.1) is 0 Å². The zero-order valence-electron chi connectivity index (χ0n) is 7.88. The van der Waals surface area contributed by atoms with Gasteiger partial charge in [0.25, 0.3) is 0 Å². The van der Waals surface area contributed by atoms with Crippen LogP contribution in [0.2, 0.25) is 0 Å². The van der Waals surface area contributed by atoms with Crippen LogP contribution in [0.25, 0.3) is 0 Å². The number of rotatable bonds is 2. The average Bonchev–Trinajstić information content (AvgIpc) is 2.16. The van der Waals surface area contributed by atoms with Crippen LogP contribution in [-0.4, -0.2) is 12.6 Å². The van der Waals surface area contributed by atoms with Gasteiger partial charge >= 0.3 is 5.97 Å². The third kappa shape index (κ3) is 2.29. The molecule has 15 heavy (non-hydrogen) atoms. The molecule has 1 rings (SSSR count). The predicted octanol–water partition coefficient (Wildman–Crippen LogP) is 2.01. The van der Waals surface area contributed by atoms with Crippen LogP contribution in [0.15, 0.2) is 12.1 Å². The van der Waals surface area contributed by atoms with E-state index in [1.807, 2.05) is 0 Å². The molecule has 1 aromatic carbocycles. The summed E-state index contributed by atoms with van der Waals surface area (Å²) in [4.78, 5) is 11.2. The van der Waals surface area contributed by atoms with Gasteiger partial charge in [-0.05, 0) is 13.0 Å². The van der Waals surface area contributed by atoms with E-state index in [0.29, 0.717) is 6.07 Å². The molecular formula is C10H7F2NO2. The molecule has 0 saturated carbocycles. The van der Waals surface area contributed by atoms with Crippen molar-refractivity contribution in [2.24, 2.45) is 0 Å². The lowest BCUT2D eigenvalue weighted by Crippen LogP contribution is -2.10. The van der Waals surface area contributed by atoms with Crippen LogP contribution < -0.4 is 0 Å². The van der Waals surface area contributed by atoms with E-state index in [2.05, 4.69) is 4.74 Å². The maximum atomic E-state index is 13.2. The molecule has 0 amide bonds.